The van der Waals surface area contributed by atoms with Crippen LogP contribution in [-0.2, 0) is 27.4 Å². The van der Waals surface area contributed by atoms with Crippen molar-refractivity contribution in [2.45, 2.75) is 26.9 Å². The highest BCUT2D eigenvalue weighted by Crippen LogP contribution is 2.19. The monoisotopic (exact) mass is 467 g/mol. The molecule has 0 unspecified atom stereocenters. The van der Waals surface area contributed by atoms with Crippen molar-refractivity contribution in [2.24, 2.45) is 0 Å². The number of nitrogens with one attached hydrogen (secondary N) is 1. The summed E-state index contributed by atoms with van der Waals surface area (Å²) in [5.74, 6) is -1.07. The van der Waals surface area contributed by atoms with E-state index in [2.05, 4.69) is 5.32 Å². The van der Waals surface area contributed by atoms with E-state index in [9.17, 15) is 24.5 Å². The van der Waals surface area contributed by atoms with Crippen LogP contribution < -0.4 is 10.9 Å². The van der Waals surface area contributed by atoms with Gasteiger partial charge < -0.3 is 10.1 Å². The van der Waals surface area contributed by atoms with E-state index in [1.165, 1.54) is 33.6 Å². The SMILES string of the molecule is CC(C)=C(C(=O)OCc1ccc([N+](=O)[O-])cc1)n1scc(NC(=O)Cc2ccccc2)c1=O. The standard InChI is InChI=1S/C23H21N3O6S/c1-15(2)21(23(29)32-13-17-8-10-18(11-9-17)26(30)31)25-22(28)19(14-33-25)24-20(27)12-16-6-4-3-5-7-16/h3-11,14H,12-13H2,1-2H3,(H,24,27). The van der Waals surface area contributed by atoms with Crippen molar-refractivity contribution in [3.63, 3.8) is 0 Å². The van der Waals surface area contributed by atoms with Crippen molar-refractivity contribution in [1.29, 1.82) is 0 Å². The van der Waals surface area contributed by atoms with Crippen LogP contribution in [0.3, 0.4) is 0 Å². The van der Waals surface area contributed by atoms with Crippen LogP contribution >= 0.6 is 11.5 Å². The van der Waals surface area contributed by atoms with Gasteiger partial charge >= 0.3 is 5.97 Å². The quantitative estimate of drug-likeness (QED) is 0.231. The second kappa shape index (κ2) is 10.5. The first-order chi connectivity index (χ1) is 15.8. The third-order valence-corrected chi connectivity index (χ3v) is 5.46. The molecule has 2 aromatic carbocycles. The molecule has 0 radical (unpaired) electrons. The number of allylic oxidation sites excluding steroid dienone is 1. The van der Waals surface area contributed by atoms with Crippen LogP contribution in [0.15, 0.2) is 70.3 Å². The predicted molar refractivity (Wildman–Crippen MR) is 125 cm³/mol. The van der Waals surface area contributed by atoms with Gasteiger partial charge in [0.05, 0.1) is 11.3 Å². The molecule has 0 spiro atoms. The molecule has 170 valence electrons. The van der Waals surface area contributed by atoms with E-state index in [1.54, 1.807) is 13.8 Å². The Morgan fingerprint density at radius 3 is 2.33 bits per heavy atom. The van der Waals surface area contributed by atoms with Crippen molar-refractivity contribution < 1.29 is 19.2 Å². The molecule has 10 heteroatoms. The number of carbonyl (C=O) groups is 2. The summed E-state index contributed by atoms with van der Waals surface area (Å²) in [4.78, 5) is 48.1. The van der Waals surface area contributed by atoms with Gasteiger partial charge in [0.1, 0.15) is 18.0 Å². The van der Waals surface area contributed by atoms with Gasteiger partial charge in [-0.25, -0.2) is 8.75 Å². The summed E-state index contributed by atoms with van der Waals surface area (Å²) in [6.07, 6.45) is 0.114. The van der Waals surface area contributed by atoms with Crippen molar-refractivity contribution in [3.05, 3.63) is 97.1 Å². The number of amides is 1. The number of carbonyl (C=O) groups excluding carboxylic acids is 2. The Bertz CT molecular complexity index is 1260. The number of ether oxygens (including phenoxy) is 1. The van der Waals surface area contributed by atoms with Gasteiger partial charge in [-0.05, 0) is 42.7 Å². The van der Waals surface area contributed by atoms with E-state index in [1.807, 2.05) is 30.3 Å². The number of nitrogens with zero attached hydrogens (tertiary/aromatic N) is 2. The molecule has 0 fully saturated rings. The maximum absolute atomic E-state index is 12.8. The highest BCUT2D eigenvalue weighted by molar-refractivity contribution is 7.05. The highest BCUT2D eigenvalue weighted by Gasteiger charge is 2.21. The number of anilines is 1. The Labute approximate surface area is 193 Å². The first kappa shape index (κ1) is 23.6. The summed E-state index contributed by atoms with van der Waals surface area (Å²) in [5, 5.41) is 14.8. The molecule has 1 amide bonds. The molecule has 0 aliphatic heterocycles. The predicted octanol–water partition coefficient (Wildman–Crippen LogP) is 3.99. The maximum atomic E-state index is 12.8. The lowest BCUT2D eigenvalue weighted by atomic mass is 10.1. The first-order valence-corrected chi connectivity index (χ1v) is 10.7. The largest absolute Gasteiger partial charge is 0.456 e. The van der Waals surface area contributed by atoms with E-state index in [-0.39, 0.29) is 36.0 Å². The average molecular weight is 468 g/mol. The highest BCUT2D eigenvalue weighted by atomic mass is 32.1. The molecule has 0 saturated carbocycles. The zero-order valence-corrected chi connectivity index (χ0v) is 18.8. The van der Waals surface area contributed by atoms with Gasteiger partial charge in [0.2, 0.25) is 5.91 Å². The molecule has 0 atom stereocenters. The summed E-state index contributed by atoms with van der Waals surface area (Å²) in [5.41, 5.74) is 1.44. The molecule has 3 rings (SSSR count). The zero-order chi connectivity index (χ0) is 24.0. The van der Waals surface area contributed by atoms with Crippen molar-refractivity contribution in [3.8, 4) is 0 Å². The van der Waals surface area contributed by atoms with E-state index in [0.717, 1.165) is 17.1 Å². The van der Waals surface area contributed by atoms with Crippen molar-refractivity contribution >= 4 is 40.5 Å². The lowest BCUT2D eigenvalue weighted by Crippen LogP contribution is -2.24. The van der Waals surface area contributed by atoms with Gasteiger partial charge in [0.15, 0.2) is 0 Å². The van der Waals surface area contributed by atoms with E-state index >= 15 is 0 Å². The molecule has 3 aromatic rings. The Morgan fingerprint density at radius 1 is 1.06 bits per heavy atom. The molecule has 1 heterocycles. The van der Waals surface area contributed by atoms with Gasteiger partial charge in [-0.3, -0.25) is 19.7 Å². The molecular formula is C23H21N3O6S. The third-order valence-electron chi connectivity index (χ3n) is 4.56. The molecule has 0 bridgehead atoms. The van der Waals surface area contributed by atoms with Gasteiger partial charge in [-0.15, -0.1) is 0 Å². The van der Waals surface area contributed by atoms with E-state index in [0.29, 0.717) is 11.1 Å². The van der Waals surface area contributed by atoms with Gasteiger partial charge in [-0.1, -0.05) is 41.9 Å². The van der Waals surface area contributed by atoms with Gasteiger partial charge in [-0.2, -0.15) is 0 Å². The number of hydrogen-bond donors (Lipinski definition) is 1. The molecule has 0 aliphatic carbocycles. The maximum Gasteiger partial charge on any atom is 0.356 e. The summed E-state index contributed by atoms with van der Waals surface area (Å²) < 4.78 is 6.50. The van der Waals surface area contributed by atoms with Crippen LogP contribution in [0, 0.1) is 10.1 Å². The van der Waals surface area contributed by atoms with Crippen LogP contribution in [0.1, 0.15) is 25.0 Å². The third kappa shape index (κ3) is 6.01. The van der Waals surface area contributed by atoms with Gasteiger partial charge in [0.25, 0.3) is 11.2 Å². The lowest BCUT2D eigenvalue weighted by molar-refractivity contribution is -0.384. The minimum atomic E-state index is -0.723. The summed E-state index contributed by atoms with van der Waals surface area (Å²) in [6, 6.07) is 14.7. The van der Waals surface area contributed by atoms with Crippen LogP contribution in [0.2, 0.25) is 0 Å². The van der Waals surface area contributed by atoms with Crippen LogP contribution in [0.25, 0.3) is 5.70 Å². The molecular weight excluding hydrogens is 446 g/mol. The number of nitro groups is 1. The van der Waals surface area contributed by atoms with Crippen LogP contribution in [0.5, 0.6) is 0 Å². The lowest BCUT2D eigenvalue weighted by Gasteiger charge is -2.10. The fourth-order valence-electron chi connectivity index (χ4n) is 2.95. The molecule has 33 heavy (non-hydrogen) atoms. The van der Waals surface area contributed by atoms with E-state index in [4.69, 9.17) is 4.74 Å². The Kier molecular flexibility index (Phi) is 7.52. The fourth-order valence-corrected chi connectivity index (χ4v) is 3.87. The Balaban J connectivity index is 1.70. The Morgan fingerprint density at radius 2 is 1.73 bits per heavy atom. The molecule has 0 aliphatic rings. The average Bonchev–Trinajstić information content (AvgIpc) is 3.12. The molecule has 1 aromatic heterocycles. The van der Waals surface area contributed by atoms with Gasteiger partial charge in [0, 0.05) is 17.5 Å². The second-order valence-corrected chi connectivity index (χ2v) is 8.11. The molecule has 0 saturated heterocycles. The number of esters is 1. The summed E-state index contributed by atoms with van der Waals surface area (Å²) in [7, 11) is 0. The normalized spacial score (nSPS) is 10.4. The smallest absolute Gasteiger partial charge is 0.356 e. The number of rotatable bonds is 8. The summed E-state index contributed by atoms with van der Waals surface area (Å²) in [6.45, 7) is 3.22. The fraction of sp³-hybridized carbons (Fsp3) is 0.174. The number of benzene rings is 2. The number of aromatic nitrogens is 1. The van der Waals surface area contributed by atoms with Crippen LogP contribution in [0.4, 0.5) is 11.4 Å². The summed E-state index contributed by atoms with van der Waals surface area (Å²) >= 11 is 0.972. The minimum absolute atomic E-state index is 0.0514. The minimum Gasteiger partial charge on any atom is -0.456 e. The van der Waals surface area contributed by atoms with Crippen molar-refractivity contribution in [1.82, 2.24) is 3.96 Å². The molecule has 1 N–H and O–H groups in total. The van der Waals surface area contributed by atoms with Crippen molar-refractivity contribution in [2.75, 3.05) is 5.32 Å². The Hall–Kier alpha value is -4.05. The first-order valence-electron chi connectivity index (χ1n) is 9.89. The zero-order valence-electron chi connectivity index (χ0n) is 17.9. The number of hydrogen-bond acceptors (Lipinski definition) is 7. The second-order valence-electron chi connectivity index (χ2n) is 7.30. The number of non-ortho nitro benzene ring substituents is 1. The number of nitro benzene ring substituents is 1. The van der Waals surface area contributed by atoms with E-state index < -0.39 is 16.5 Å². The topological polar surface area (TPSA) is 121 Å². The molecule has 9 nitrogen and oxygen atoms in total. The van der Waals surface area contributed by atoms with Crippen LogP contribution in [-0.4, -0.2) is 20.8 Å².